The van der Waals surface area contributed by atoms with Crippen LogP contribution in [0.2, 0.25) is 6.04 Å². The molecule has 0 aliphatic carbocycles. The first kappa shape index (κ1) is 10.1. The summed E-state index contributed by atoms with van der Waals surface area (Å²) in [5.74, 6) is 0. The number of rotatable bonds is 6. The summed E-state index contributed by atoms with van der Waals surface area (Å²) in [5.41, 5.74) is 0. The van der Waals surface area contributed by atoms with Crippen LogP contribution in [-0.4, -0.2) is 23.2 Å². The number of hydrogen-bond acceptors (Lipinski definition) is 2. The monoisotopic (exact) mass is 160 g/mol. The molecule has 2 nitrogen and oxygen atoms in total. The van der Waals surface area contributed by atoms with Gasteiger partial charge in [-0.15, -0.1) is 0 Å². The SMILES string of the molecule is CCCC[Si]OC(C)OC. The maximum atomic E-state index is 5.30. The molecule has 3 heteroatoms. The van der Waals surface area contributed by atoms with E-state index >= 15 is 0 Å². The number of unbranched alkanes of at least 4 members (excludes halogenated alkanes) is 1. The maximum absolute atomic E-state index is 5.30. The van der Waals surface area contributed by atoms with Crippen LogP contribution in [0.1, 0.15) is 26.7 Å². The highest BCUT2D eigenvalue weighted by atomic mass is 28.2. The minimum absolute atomic E-state index is 0.0322. The van der Waals surface area contributed by atoms with Crippen molar-refractivity contribution >= 4 is 9.76 Å². The molecule has 0 saturated heterocycles. The van der Waals surface area contributed by atoms with Crippen molar-refractivity contribution in [2.24, 2.45) is 0 Å². The summed E-state index contributed by atoms with van der Waals surface area (Å²) in [5, 5.41) is 0. The molecule has 60 valence electrons. The van der Waals surface area contributed by atoms with Crippen molar-refractivity contribution in [3.05, 3.63) is 0 Å². The predicted octanol–water partition coefficient (Wildman–Crippen LogP) is 1.83. The Hall–Kier alpha value is 0.137. The molecule has 0 bridgehead atoms. The first-order valence-electron chi connectivity index (χ1n) is 3.72. The van der Waals surface area contributed by atoms with E-state index in [0.29, 0.717) is 9.76 Å². The van der Waals surface area contributed by atoms with Crippen LogP contribution in [0.4, 0.5) is 0 Å². The molecule has 0 aromatic heterocycles. The van der Waals surface area contributed by atoms with E-state index in [2.05, 4.69) is 6.92 Å². The first-order valence-corrected chi connectivity index (χ1v) is 4.84. The second-order valence-electron chi connectivity index (χ2n) is 2.17. The summed E-state index contributed by atoms with van der Waals surface area (Å²) in [6.45, 7) is 4.10. The van der Waals surface area contributed by atoms with Crippen LogP contribution in [-0.2, 0) is 9.16 Å². The topological polar surface area (TPSA) is 18.5 Å². The zero-order chi connectivity index (χ0) is 7.82. The third-order valence-corrected chi connectivity index (χ3v) is 2.27. The van der Waals surface area contributed by atoms with E-state index in [1.165, 1.54) is 18.9 Å². The van der Waals surface area contributed by atoms with Crippen molar-refractivity contribution in [1.29, 1.82) is 0 Å². The fourth-order valence-corrected chi connectivity index (χ4v) is 1.42. The highest BCUT2D eigenvalue weighted by Gasteiger charge is 1.97. The molecule has 0 saturated carbocycles. The summed E-state index contributed by atoms with van der Waals surface area (Å²) in [6.07, 6.45) is 2.47. The lowest BCUT2D eigenvalue weighted by Crippen LogP contribution is -2.12. The highest BCUT2D eigenvalue weighted by molar-refractivity contribution is 6.27. The zero-order valence-electron chi connectivity index (χ0n) is 7.02. The molecule has 0 rings (SSSR count). The Kier molecular flexibility index (Phi) is 7.35. The summed E-state index contributed by atoms with van der Waals surface area (Å²) in [7, 11) is 2.26. The second-order valence-corrected chi connectivity index (χ2v) is 3.19. The van der Waals surface area contributed by atoms with Gasteiger partial charge in [0.05, 0.1) is 0 Å². The second kappa shape index (κ2) is 7.25. The van der Waals surface area contributed by atoms with Crippen molar-refractivity contribution in [3.63, 3.8) is 0 Å². The third kappa shape index (κ3) is 6.26. The van der Waals surface area contributed by atoms with Crippen LogP contribution in [0.25, 0.3) is 0 Å². The predicted molar refractivity (Wildman–Crippen MR) is 43.0 cm³/mol. The van der Waals surface area contributed by atoms with Crippen LogP contribution in [0.5, 0.6) is 0 Å². The van der Waals surface area contributed by atoms with Gasteiger partial charge in [0.25, 0.3) is 0 Å². The van der Waals surface area contributed by atoms with Crippen LogP contribution >= 0.6 is 0 Å². The van der Waals surface area contributed by atoms with E-state index in [9.17, 15) is 0 Å². The van der Waals surface area contributed by atoms with Crippen molar-refractivity contribution in [2.45, 2.75) is 39.0 Å². The van der Waals surface area contributed by atoms with E-state index in [0.717, 1.165) is 0 Å². The van der Waals surface area contributed by atoms with Gasteiger partial charge in [-0.2, -0.15) is 0 Å². The molecule has 0 amide bonds. The van der Waals surface area contributed by atoms with Gasteiger partial charge in [0, 0.05) is 7.11 Å². The smallest absolute Gasteiger partial charge is 0.233 e. The fourth-order valence-electron chi connectivity index (χ4n) is 0.473. The molecule has 0 spiro atoms. The minimum Gasteiger partial charge on any atom is -0.393 e. The average Bonchev–Trinajstić information content (AvgIpc) is 1.98. The molecule has 0 aliphatic rings. The lowest BCUT2D eigenvalue weighted by molar-refractivity contribution is -0.0371. The highest BCUT2D eigenvalue weighted by Crippen LogP contribution is 1.96. The summed E-state index contributed by atoms with van der Waals surface area (Å²) in [4.78, 5) is 0. The van der Waals surface area contributed by atoms with Gasteiger partial charge in [0.15, 0.2) is 0 Å². The summed E-state index contributed by atoms with van der Waals surface area (Å²) < 4.78 is 10.2. The lowest BCUT2D eigenvalue weighted by Gasteiger charge is -2.08. The van der Waals surface area contributed by atoms with Crippen LogP contribution in [0, 0.1) is 0 Å². The fraction of sp³-hybridized carbons (Fsp3) is 1.00. The molecule has 10 heavy (non-hydrogen) atoms. The van der Waals surface area contributed by atoms with Gasteiger partial charge >= 0.3 is 0 Å². The van der Waals surface area contributed by atoms with Gasteiger partial charge in [-0.3, -0.25) is 0 Å². The Morgan fingerprint density at radius 3 is 2.70 bits per heavy atom. The average molecular weight is 160 g/mol. The Bertz CT molecular complexity index is 68.6. The van der Waals surface area contributed by atoms with Crippen LogP contribution in [0.15, 0.2) is 0 Å². The van der Waals surface area contributed by atoms with Crippen LogP contribution in [0.3, 0.4) is 0 Å². The van der Waals surface area contributed by atoms with E-state index in [1.807, 2.05) is 6.92 Å². The van der Waals surface area contributed by atoms with Gasteiger partial charge in [0.2, 0.25) is 9.76 Å². The van der Waals surface area contributed by atoms with E-state index < -0.39 is 0 Å². The summed E-state index contributed by atoms with van der Waals surface area (Å²) in [6, 6.07) is 1.17. The normalized spacial score (nSPS) is 13.5. The Morgan fingerprint density at radius 1 is 1.50 bits per heavy atom. The van der Waals surface area contributed by atoms with E-state index in [-0.39, 0.29) is 6.29 Å². The van der Waals surface area contributed by atoms with Gasteiger partial charge in [0.1, 0.15) is 6.29 Å². The Morgan fingerprint density at radius 2 is 2.20 bits per heavy atom. The van der Waals surface area contributed by atoms with Crippen molar-refractivity contribution in [1.82, 2.24) is 0 Å². The molecular weight excluding hydrogens is 144 g/mol. The number of hydrogen-bond donors (Lipinski definition) is 0. The minimum atomic E-state index is -0.0322. The molecule has 0 N–H and O–H groups in total. The molecule has 1 atom stereocenters. The quantitative estimate of drug-likeness (QED) is 0.335. The molecule has 0 aliphatic heterocycles. The standard InChI is InChI=1S/C7H16O2Si/c1-4-5-6-10-9-7(2)8-3/h7H,4-6H2,1-3H3. The largest absolute Gasteiger partial charge is 0.393 e. The lowest BCUT2D eigenvalue weighted by atomic mass is 10.4. The van der Waals surface area contributed by atoms with Gasteiger partial charge in [-0.05, 0) is 13.0 Å². The zero-order valence-corrected chi connectivity index (χ0v) is 8.02. The molecule has 2 radical (unpaired) electrons. The molecule has 0 heterocycles. The molecule has 1 unspecified atom stereocenters. The maximum Gasteiger partial charge on any atom is 0.233 e. The molecule has 0 aromatic rings. The number of methoxy groups -OCH3 is 1. The van der Waals surface area contributed by atoms with Gasteiger partial charge in [-0.25, -0.2) is 0 Å². The van der Waals surface area contributed by atoms with E-state index in [4.69, 9.17) is 9.16 Å². The number of ether oxygens (including phenoxy) is 1. The molecule has 0 aromatic carbocycles. The van der Waals surface area contributed by atoms with Crippen LogP contribution < -0.4 is 0 Å². The molecular formula is C7H16O2Si. The molecule has 0 fully saturated rings. The van der Waals surface area contributed by atoms with Crippen molar-refractivity contribution in [2.75, 3.05) is 7.11 Å². The van der Waals surface area contributed by atoms with E-state index in [1.54, 1.807) is 7.11 Å². The van der Waals surface area contributed by atoms with Gasteiger partial charge < -0.3 is 9.16 Å². The first-order chi connectivity index (χ1) is 4.81. The van der Waals surface area contributed by atoms with Crippen molar-refractivity contribution in [3.8, 4) is 0 Å². The summed E-state index contributed by atoms with van der Waals surface area (Å²) >= 11 is 0. The Labute approximate surface area is 65.9 Å². The third-order valence-electron chi connectivity index (χ3n) is 1.21. The van der Waals surface area contributed by atoms with Crippen molar-refractivity contribution < 1.29 is 9.16 Å². The Balaban J connectivity index is 2.89. The van der Waals surface area contributed by atoms with Gasteiger partial charge in [-0.1, -0.05) is 19.8 Å².